The summed E-state index contributed by atoms with van der Waals surface area (Å²) in [5.74, 6) is 0.725. The van der Waals surface area contributed by atoms with Gasteiger partial charge in [-0.25, -0.2) is 0 Å². The van der Waals surface area contributed by atoms with Gasteiger partial charge in [0.15, 0.2) is 23.9 Å². The molecular weight excluding hydrogens is 378 g/mol. The number of rotatable bonds is 9. The van der Waals surface area contributed by atoms with Crippen LogP contribution in [-0.4, -0.2) is 29.9 Å². The Labute approximate surface area is 177 Å². The first-order valence-electron chi connectivity index (χ1n) is 9.96. The van der Waals surface area contributed by atoms with E-state index >= 15 is 0 Å². The van der Waals surface area contributed by atoms with Crippen LogP contribution in [0, 0.1) is 13.8 Å². The quantitative estimate of drug-likeness (QED) is 0.479. The molecule has 0 spiro atoms. The summed E-state index contributed by atoms with van der Waals surface area (Å²) < 4.78 is 13.2. The van der Waals surface area contributed by atoms with Crippen molar-refractivity contribution in [1.29, 1.82) is 0 Å². The van der Waals surface area contributed by atoms with E-state index in [0.717, 1.165) is 24.4 Å². The summed E-state index contributed by atoms with van der Waals surface area (Å²) in [7, 11) is 1.51. The number of carbonyl (C=O) groups excluding carboxylic acids is 2. The van der Waals surface area contributed by atoms with Crippen molar-refractivity contribution in [2.45, 2.75) is 33.7 Å². The zero-order valence-corrected chi connectivity index (χ0v) is 17.9. The lowest BCUT2D eigenvalue weighted by Crippen LogP contribution is -2.14. The maximum absolute atomic E-state index is 12.8. The van der Waals surface area contributed by atoms with Gasteiger partial charge in [-0.2, -0.15) is 0 Å². The second-order valence-corrected chi connectivity index (χ2v) is 7.31. The first-order valence-corrected chi connectivity index (χ1v) is 9.96. The molecule has 3 rings (SSSR count). The first-order chi connectivity index (χ1) is 14.4. The Morgan fingerprint density at radius 2 is 1.70 bits per heavy atom. The third kappa shape index (κ3) is 4.79. The molecule has 0 aliphatic carbocycles. The van der Waals surface area contributed by atoms with E-state index in [9.17, 15) is 9.59 Å². The molecule has 0 N–H and O–H groups in total. The Morgan fingerprint density at radius 3 is 2.37 bits per heavy atom. The molecule has 156 valence electrons. The van der Waals surface area contributed by atoms with Crippen LogP contribution < -0.4 is 9.47 Å². The van der Waals surface area contributed by atoms with Crippen molar-refractivity contribution in [3.05, 3.63) is 82.7 Å². The molecule has 0 amide bonds. The molecule has 2 aromatic carbocycles. The standard InChI is InChI=1S/C25H27NO4/c1-17-14-22(18(2)26(17)13-12-20-8-6-5-7-9-20)23(28)16-30-24-11-10-21(19(3)27)15-25(24)29-4/h5-11,14-15H,12-13,16H2,1-4H3. The second-order valence-electron chi connectivity index (χ2n) is 7.31. The van der Waals surface area contributed by atoms with Crippen LogP contribution in [0.15, 0.2) is 54.6 Å². The lowest BCUT2D eigenvalue weighted by molar-refractivity contribution is 0.0917. The maximum atomic E-state index is 12.8. The van der Waals surface area contributed by atoms with E-state index in [1.807, 2.05) is 38.1 Å². The van der Waals surface area contributed by atoms with Crippen LogP contribution in [0.25, 0.3) is 0 Å². The Bertz CT molecular complexity index is 1050. The summed E-state index contributed by atoms with van der Waals surface area (Å²) in [5.41, 5.74) is 4.46. The van der Waals surface area contributed by atoms with Crippen LogP contribution in [0.5, 0.6) is 11.5 Å². The summed E-state index contributed by atoms with van der Waals surface area (Å²) in [4.78, 5) is 24.4. The summed E-state index contributed by atoms with van der Waals surface area (Å²) in [6, 6.07) is 17.2. The van der Waals surface area contributed by atoms with Crippen LogP contribution in [0.2, 0.25) is 0 Å². The highest BCUT2D eigenvalue weighted by molar-refractivity contribution is 5.98. The predicted octanol–water partition coefficient (Wildman–Crippen LogP) is 4.82. The average molecular weight is 405 g/mol. The summed E-state index contributed by atoms with van der Waals surface area (Å²) in [5, 5.41) is 0. The normalized spacial score (nSPS) is 10.7. The van der Waals surface area contributed by atoms with E-state index in [4.69, 9.17) is 9.47 Å². The number of hydrogen-bond acceptors (Lipinski definition) is 4. The molecule has 0 bridgehead atoms. The van der Waals surface area contributed by atoms with Gasteiger partial charge in [0.25, 0.3) is 0 Å². The van der Waals surface area contributed by atoms with Gasteiger partial charge in [-0.15, -0.1) is 0 Å². The third-order valence-corrected chi connectivity index (χ3v) is 5.27. The molecule has 0 aliphatic heterocycles. The predicted molar refractivity (Wildman–Crippen MR) is 117 cm³/mol. The number of ether oxygens (including phenoxy) is 2. The van der Waals surface area contributed by atoms with Gasteiger partial charge in [0.1, 0.15) is 0 Å². The fourth-order valence-corrected chi connectivity index (χ4v) is 3.54. The lowest BCUT2D eigenvalue weighted by Gasteiger charge is -2.12. The second kappa shape index (κ2) is 9.44. The number of hydrogen-bond donors (Lipinski definition) is 0. The highest BCUT2D eigenvalue weighted by Crippen LogP contribution is 2.28. The van der Waals surface area contributed by atoms with Crippen LogP contribution in [0.4, 0.5) is 0 Å². The highest BCUT2D eigenvalue weighted by Gasteiger charge is 2.17. The van der Waals surface area contributed by atoms with E-state index < -0.39 is 0 Å². The summed E-state index contributed by atoms with van der Waals surface area (Å²) >= 11 is 0. The van der Waals surface area contributed by atoms with Gasteiger partial charge in [0.2, 0.25) is 5.78 Å². The number of ketones is 2. The Balaban J connectivity index is 1.69. The molecule has 0 radical (unpaired) electrons. The summed E-state index contributed by atoms with van der Waals surface area (Å²) in [6.45, 7) is 6.19. The Kier molecular flexibility index (Phi) is 6.72. The molecule has 0 atom stereocenters. The smallest absolute Gasteiger partial charge is 0.202 e. The molecular formula is C25H27NO4. The molecule has 0 aliphatic rings. The number of methoxy groups -OCH3 is 1. The van der Waals surface area contributed by atoms with Crippen LogP contribution in [-0.2, 0) is 13.0 Å². The van der Waals surface area contributed by atoms with Gasteiger partial charge in [0.05, 0.1) is 7.11 Å². The van der Waals surface area contributed by atoms with E-state index in [2.05, 4.69) is 16.7 Å². The lowest BCUT2D eigenvalue weighted by atomic mass is 10.1. The molecule has 0 fully saturated rings. The van der Waals surface area contributed by atoms with Crippen molar-refractivity contribution < 1.29 is 19.1 Å². The van der Waals surface area contributed by atoms with Crippen molar-refractivity contribution in [2.24, 2.45) is 0 Å². The van der Waals surface area contributed by atoms with Gasteiger partial charge in [-0.3, -0.25) is 9.59 Å². The van der Waals surface area contributed by atoms with E-state index in [1.54, 1.807) is 18.2 Å². The van der Waals surface area contributed by atoms with Gasteiger partial charge in [-0.05, 0) is 57.0 Å². The van der Waals surface area contributed by atoms with Crippen LogP contribution in [0.3, 0.4) is 0 Å². The molecule has 3 aromatic rings. The third-order valence-electron chi connectivity index (χ3n) is 5.27. The number of nitrogens with zero attached hydrogens (tertiary/aromatic N) is 1. The maximum Gasteiger partial charge on any atom is 0.202 e. The van der Waals surface area contributed by atoms with Crippen molar-refractivity contribution >= 4 is 11.6 Å². The van der Waals surface area contributed by atoms with Crippen LogP contribution in [0.1, 0.15) is 44.6 Å². The molecule has 5 nitrogen and oxygen atoms in total. The van der Waals surface area contributed by atoms with Crippen LogP contribution >= 0.6 is 0 Å². The number of benzene rings is 2. The fraction of sp³-hybridized carbons (Fsp3) is 0.280. The average Bonchev–Trinajstić information content (AvgIpc) is 3.04. The SMILES string of the molecule is COc1cc(C(C)=O)ccc1OCC(=O)c1cc(C)n(CCc2ccccc2)c1C. The van der Waals surface area contributed by atoms with Crippen molar-refractivity contribution in [1.82, 2.24) is 4.57 Å². The van der Waals surface area contributed by atoms with Crippen molar-refractivity contribution in [3.8, 4) is 11.5 Å². The van der Waals surface area contributed by atoms with Gasteiger partial charge < -0.3 is 14.0 Å². The molecule has 5 heteroatoms. The topological polar surface area (TPSA) is 57.5 Å². The summed E-state index contributed by atoms with van der Waals surface area (Å²) in [6.07, 6.45) is 0.904. The fourth-order valence-electron chi connectivity index (χ4n) is 3.54. The number of aromatic nitrogens is 1. The monoisotopic (exact) mass is 405 g/mol. The van der Waals surface area contributed by atoms with E-state index in [0.29, 0.717) is 22.6 Å². The molecule has 0 saturated carbocycles. The number of aryl methyl sites for hydroxylation is 2. The Hall–Kier alpha value is -3.34. The minimum absolute atomic E-state index is 0.0566. The highest BCUT2D eigenvalue weighted by atomic mass is 16.5. The zero-order valence-electron chi connectivity index (χ0n) is 17.9. The minimum Gasteiger partial charge on any atom is -0.493 e. The molecule has 0 unspecified atom stereocenters. The first kappa shape index (κ1) is 21.4. The van der Waals surface area contributed by atoms with Gasteiger partial charge in [0, 0.05) is 29.1 Å². The molecule has 0 saturated heterocycles. The van der Waals surface area contributed by atoms with Crippen molar-refractivity contribution in [2.75, 3.05) is 13.7 Å². The van der Waals surface area contributed by atoms with E-state index in [-0.39, 0.29) is 18.2 Å². The Morgan fingerprint density at radius 1 is 0.967 bits per heavy atom. The van der Waals surface area contributed by atoms with E-state index in [1.165, 1.54) is 19.6 Å². The van der Waals surface area contributed by atoms with Gasteiger partial charge in [-0.1, -0.05) is 30.3 Å². The minimum atomic E-state index is -0.0985. The largest absolute Gasteiger partial charge is 0.493 e. The number of carbonyl (C=O) groups is 2. The van der Waals surface area contributed by atoms with Gasteiger partial charge >= 0.3 is 0 Å². The zero-order chi connectivity index (χ0) is 21.7. The molecule has 30 heavy (non-hydrogen) atoms. The molecule has 1 heterocycles. The number of Topliss-reactive ketones (excluding diaryl/α,β-unsaturated/α-hetero) is 2. The van der Waals surface area contributed by atoms with Crippen molar-refractivity contribution in [3.63, 3.8) is 0 Å². The molecule has 1 aromatic heterocycles.